The molecule has 1 unspecified atom stereocenters. The molecule has 1 aromatic carbocycles. The van der Waals surface area contributed by atoms with Gasteiger partial charge in [-0.3, -0.25) is 0 Å². The predicted octanol–water partition coefficient (Wildman–Crippen LogP) is 4.69. The first kappa shape index (κ1) is 15.5. The lowest BCUT2D eigenvalue weighted by molar-refractivity contribution is 0.300. The molecule has 0 aliphatic rings. The average molecular weight is 314 g/mol. The van der Waals surface area contributed by atoms with Crippen LogP contribution in [-0.4, -0.2) is 13.2 Å². The summed E-state index contributed by atoms with van der Waals surface area (Å²) in [5.74, 6) is 1.00. The van der Waals surface area contributed by atoms with E-state index in [1.165, 1.54) is 18.4 Å². The molecule has 0 heterocycles. The van der Waals surface area contributed by atoms with E-state index in [9.17, 15) is 0 Å². The van der Waals surface area contributed by atoms with Crippen LogP contribution in [0.25, 0.3) is 0 Å². The second-order valence-electron chi connectivity index (χ2n) is 4.52. The van der Waals surface area contributed by atoms with Gasteiger partial charge in [-0.15, -0.1) is 0 Å². The molecule has 1 rings (SSSR count). The number of ether oxygens (including phenoxy) is 1. The summed E-state index contributed by atoms with van der Waals surface area (Å²) in [6, 6.07) is 6.55. The quantitative estimate of drug-likeness (QED) is 0.703. The predicted molar refractivity (Wildman–Crippen MR) is 81.3 cm³/mol. The van der Waals surface area contributed by atoms with Crippen LogP contribution in [-0.2, 0) is 0 Å². The highest BCUT2D eigenvalue weighted by Gasteiger charge is 2.11. The molecule has 102 valence electrons. The molecule has 1 aromatic rings. The molecule has 0 aliphatic heterocycles. The summed E-state index contributed by atoms with van der Waals surface area (Å²) in [5, 5.41) is 3.43. The van der Waals surface area contributed by atoms with E-state index in [0.717, 1.165) is 29.8 Å². The first-order valence-electron chi connectivity index (χ1n) is 6.84. The first-order chi connectivity index (χ1) is 8.69. The second kappa shape index (κ2) is 8.54. The van der Waals surface area contributed by atoms with E-state index in [1.54, 1.807) is 0 Å². The van der Waals surface area contributed by atoms with Gasteiger partial charge in [0.2, 0.25) is 0 Å². The highest BCUT2D eigenvalue weighted by Crippen LogP contribution is 2.28. The summed E-state index contributed by atoms with van der Waals surface area (Å²) >= 11 is 3.53. The Morgan fingerprint density at radius 2 is 2.06 bits per heavy atom. The first-order valence-corrected chi connectivity index (χ1v) is 7.64. The molecule has 0 fully saturated rings. The van der Waals surface area contributed by atoms with E-state index in [0.29, 0.717) is 6.04 Å². The molecule has 3 heteroatoms. The van der Waals surface area contributed by atoms with Crippen molar-refractivity contribution in [2.45, 2.75) is 46.1 Å². The van der Waals surface area contributed by atoms with Gasteiger partial charge < -0.3 is 10.1 Å². The lowest BCUT2D eigenvalue weighted by Gasteiger charge is -2.18. The van der Waals surface area contributed by atoms with Crippen molar-refractivity contribution < 1.29 is 4.74 Å². The van der Waals surface area contributed by atoms with Crippen LogP contribution < -0.4 is 10.1 Å². The smallest absolute Gasteiger partial charge is 0.124 e. The summed E-state index contributed by atoms with van der Waals surface area (Å²) < 4.78 is 7.00. The average Bonchev–Trinajstić information content (AvgIpc) is 2.36. The minimum atomic E-state index is 0.314. The number of rotatable bonds is 8. The SMILES string of the molecule is CCCCCOc1ccc(Br)cc1C(C)NCC. The van der Waals surface area contributed by atoms with Gasteiger partial charge in [0.1, 0.15) is 5.75 Å². The summed E-state index contributed by atoms with van der Waals surface area (Å²) in [4.78, 5) is 0. The van der Waals surface area contributed by atoms with Crippen molar-refractivity contribution in [1.29, 1.82) is 0 Å². The third-order valence-electron chi connectivity index (χ3n) is 2.95. The van der Waals surface area contributed by atoms with Crippen LogP contribution >= 0.6 is 15.9 Å². The second-order valence-corrected chi connectivity index (χ2v) is 5.43. The number of nitrogens with one attached hydrogen (secondary N) is 1. The fourth-order valence-electron chi connectivity index (χ4n) is 1.94. The van der Waals surface area contributed by atoms with Crippen LogP contribution in [0.5, 0.6) is 5.75 Å². The normalized spacial score (nSPS) is 12.4. The van der Waals surface area contributed by atoms with E-state index in [4.69, 9.17) is 4.74 Å². The lowest BCUT2D eigenvalue weighted by Crippen LogP contribution is -2.18. The van der Waals surface area contributed by atoms with Gasteiger partial charge in [-0.25, -0.2) is 0 Å². The monoisotopic (exact) mass is 313 g/mol. The minimum Gasteiger partial charge on any atom is -0.493 e. The molecule has 18 heavy (non-hydrogen) atoms. The van der Waals surface area contributed by atoms with Gasteiger partial charge >= 0.3 is 0 Å². The summed E-state index contributed by atoms with van der Waals surface area (Å²) in [6.07, 6.45) is 3.58. The highest BCUT2D eigenvalue weighted by atomic mass is 79.9. The van der Waals surface area contributed by atoms with Crippen molar-refractivity contribution in [3.63, 3.8) is 0 Å². The molecule has 1 N–H and O–H groups in total. The molecule has 0 aromatic heterocycles. The highest BCUT2D eigenvalue weighted by molar-refractivity contribution is 9.10. The minimum absolute atomic E-state index is 0.314. The summed E-state index contributed by atoms with van der Waals surface area (Å²) in [7, 11) is 0. The topological polar surface area (TPSA) is 21.3 Å². The van der Waals surface area contributed by atoms with Crippen molar-refractivity contribution in [1.82, 2.24) is 5.32 Å². The molecule has 0 bridgehead atoms. The van der Waals surface area contributed by atoms with Gasteiger partial charge in [0.15, 0.2) is 0 Å². The van der Waals surface area contributed by atoms with Crippen LogP contribution in [0.15, 0.2) is 22.7 Å². The van der Waals surface area contributed by atoms with Gasteiger partial charge in [-0.1, -0.05) is 42.6 Å². The molecule has 0 radical (unpaired) electrons. The Morgan fingerprint density at radius 1 is 1.28 bits per heavy atom. The fourth-order valence-corrected chi connectivity index (χ4v) is 2.32. The Hall–Kier alpha value is -0.540. The molecule has 0 amide bonds. The molecule has 2 nitrogen and oxygen atoms in total. The molecule has 0 spiro atoms. The Morgan fingerprint density at radius 3 is 2.72 bits per heavy atom. The zero-order valence-electron chi connectivity index (χ0n) is 11.6. The Labute approximate surface area is 119 Å². The van der Waals surface area contributed by atoms with Gasteiger partial charge in [-0.05, 0) is 38.1 Å². The maximum absolute atomic E-state index is 5.90. The molecular formula is C15H24BrNO. The lowest BCUT2D eigenvalue weighted by atomic mass is 10.1. The van der Waals surface area contributed by atoms with E-state index >= 15 is 0 Å². The number of hydrogen-bond donors (Lipinski definition) is 1. The molecule has 0 saturated carbocycles. The Kier molecular flexibility index (Phi) is 7.36. The van der Waals surface area contributed by atoms with Gasteiger partial charge in [0.05, 0.1) is 6.61 Å². The molecular weight excluding hydrogens is 290 g/mol. The Bertz CT molecular complexity index is 354. The van der Waals surface area contributed by atoms with Crippen molar-refractivity contribution in [3.05, 3.63) is 28.2 Å². The van der Waals surface area contributed by atoms with Crippen molar-refractivity contribution >= 4 is 15.9 Å². The van der Waals surface area contributed by atoms with Crippen LogP contribution in [0.3, 0.4) is 0 Å². The zero-order valence-corrected chi connectivity index (χ0v) is 13.2. The van der Waals surface area contributed by atoms with Gasteiger partial charge in [0, 0.05) is 16.1 Å². The van der Waals surface area contributed by atoms with E-state index in [-0.39, 0.29) is 0 Å². The van der Waals surface area contributed by atoms with Gasteiger partial charge in [0.25, 0.3) is 0 Å². The van der Waals surface area contributed by atoms with Crippen molar-refractivity contribution in [2.24, 2.45) is 0 Å². The van der Waals surface area contributed by atoms with Gasteiger partial charge in [-0.2, -0.15) is 0 Å². The van der Waals surface area contributed by atoms with Crippen molar-refractivity contribution in [2.75, 3.05) is 13.2 Å². The fraction of sp³-hybridized carbons (Fsp3) is 0.600. The van der Waals surface area contributed by atoms with E-state index < -0.39 is 0 Å². The third-order valence-corrected chi connectivity index (χ3v) is 3.45. The summed E-state index contributed by atoms with van der Waals surface area (Å²) in [6.45, 7) is 8.27. The Balaban J connectivity index is 2.70. The van der Waals surface area contributed by atoms with Crippen molar-refractivity contribution in [3.8, 4) is 5.75 Å². The van der Waals surface area contributed by atoms with Crippen LogP contribution in [0.2, 0.25) is 0 Å². The van der Waals surface area contributed by atoms with Crippen LogP contribution in [0.1, 0.15) is 51.6 Å². The van der Waals surface area contributed by atoms with E-state index in [1.807, 2.05) is 6.07 Å². The maximum atomic E-state index is 5.90. The number of hydrogen-bond acceptors (Lipinski definition) is 2. The molecule has 1 atom stereocenters. The number of unbranched alkanes of at least 4 members (excludes halogenated alkanes) is 2. The van der Waals surface area contributed by atoms with Crippen LogP contribution in [0.4, 0.5) is 0 Å². The summed E-state index contributed by atoms with van der Waals surface area (Å²) in [5.41, 5.74) is 1.22. The van der Waals surface area contributed by atoms with E-state index in [2.05, 4.69) is 54.2 Å². The standard InChI is InChI=1S/C15H24BrNO/c1-4-6-7-10-18-15-9-8-13(16)11-14(15)12(3)17-5-2/h8-9,11-12,17H,4-7,10H2,1-3H3. The largest absolute Gasteiger partial charge is 0.493 e. The third kappa shape index (κ3) is 4.99. The zero-order chi connectivity index (χ0) is 13.4. The molecule has 0 saturated heterocycles. The number of halogens is 1. The maximum Gasteiger partial charge on any atom is 0.124 e. The molecule has 0 aliphatic carbocycles. The number of benzene rings is 1. The van der Waals surface area contributed by atoms with Crippen LogP contribution in [0, 0.1) is 0 Å².